The van der Waals surface area contributed by atoms with Crippen molar-refractivity contribution in [2.45, 2.75) is 69.8 Å². The lowest BCUT2D eigenvalue weighted by molar-refractivity contribution is 0.141. The van der Waals surface area contributed by atoms with Crippen molar-refractivity contribution in [3.05, 3.63) is 6.33 Å². The van der Waals surface area contributed by atoms with Gasteiger partial charge in [-0.15, -0.1) is 0 Å². The van der Waals surface area contributed by atoms with E-state index in [1.807, 2.05) is 23.5 Å². The molecule has 21 heavy (non-hydrogen) atoms. The fraction of sp³-hybridized carbons (Fsp3) is 0.875. The van der Waals surface area contributed by atoms with Crippen LogP contribution in [0.5, 0.6) is 0 Å². The number of hydrogen-bond donors (Lipinski definition) is 1. The van der Waals surface area contributed by atoms with E-state index in [-0.39, 0.29) is 0 Å². The molecule has 0 spiro atoms. The summed E-state index contributed by atoms with van der Waals surface area (Å²) in [5, 5.41) is 9.51. The Morgan fingerprint density at radius 3 is 2.71 bits per heavy atom. The minimum Gasteiger partial charge on any atom is -0.313 e. The Kier molecular flexibility index (Phi) is 5.72. The number of thioether (sulfide) groups is 1. The summed E-state index contributed by atoms with van der Waals surface area (Å²) >= 11 is 1.90. The second-order valence-electron chi connectivity index (χ2n) is 6.84. The summed E-state index contributed by atoms with van der Waals surface area (Å²) in [6, 6.07) is 0.598. The van der Waals surface area contributed by atoms with Crippen molar-refractivity contribution < 1.29 is 0 Å². The normalized spacial score (nSPS) is 27.0. The molecule has 5 heteroatoms. The topological polar surface area (TPSA) is 42.7 Å². The summed E-state index contributed by atoms with van der Waals surface area (Å²) < 4.78 is 1.89. The molecule has 1 aromatic rings. The van der Waals surface area contributed by atoms with Gasteiger partial charge in [-0.25, -0.2) is 9.67 Å². The van der Waals surface area contributed by atoms with Crippen molar-refractivity contribution in [3.63, 3.8) is 0 Å². The fourth-order valence-corrected chi connectivity index (χ4v) is 4.58. The van der Waals surface area contributed by atoms with Crippen LogP contribution in [0.2, 0.25) is 0 Å². The van der Waals surface area contributed by atoms with Crippen LogP contribution >= 0.6 is 11.8 Å². The highest BCUT2D eigenvalue weighted by atomic mass is 32.2. The van der Waals surface area contributed by atoms with Gasteiger partial charge in [0.15, 0.2) is 5.16 Å². The molecule has 0 saturated heterocycles. The van der Waals surface area contributed by atoms with Crippen molar-refractivity contribution >= 4 is 11.8 Å². The summed E-state index contributed by atoms with van der Waals surface area (Å²) in [5.74, 6) is 0.808. The van der Waals surface area contributed by atoms with Gasteiger partial charge in [0.1, 0.15) is 6.33 Å². The van der Waals surface area contributed by atoms with E-state index < -0.39 is 0 Å². The molecule has 1 aliphatic carbocycles. The zero-order chi connectivity index (χ0) is 15.5. The highest BCUT2D eigenvalue weighted by molar-refractivity contribution is 7.99. The Hall–Kier alpha value is -0.550. The minimum absolute atomic E-state index is 0.440. The molecule has 1 fully saturated rings. The molecule has 4 nitrogen and oxygen atoms in total. The molecule has 0 radical (unpaired) electrons. The Balaban J connectivity index is 2.10. The molecule has 2 rings (SSSR count). The van der Waals surface area contributed by atoms with Gasteiger partial charge in [0.2, 0.25) is 0 Å². The molecule has 0 aliphatic heterocycles. The van der Waals surface area contributed by atoms with E-state index in [9.17, 15) is 0 Å². The number of aromatic nitrogens is 3. The number of rotatable bonds is 6. The first-order valence-electron chi connectivity index (χ1n) is 8.22. The molecule has 1 N–H and O–H groups in total. The van der Waals surface area contributed by atoms with Crippen LogP contribution in [-0.2, 0) is 7.05 Å². The fourth-order valence-electron chi connectivity index (χ4n) is 3.28. The molecule has 0 aromatic carbocycles. The van der Waals surface area contributed by atoms with E-state index in [0.29, 0.717) is 16.7 Å². The van der Waals surface area contributed by atoms with Gasteiger partial charge >= 0.3 is 0 Å². The lowest BCUT2D eigenvalue weighted by Gasteiger charge is -2.43. The maximum atomic E-state index is 4.40. The summed E-state index contributed by atoms with van der Waals surface area (Å²) in [5.41, 5.74) is 0.440. The van der Waals surface area contributed by atoms with Crippen molar-refractivity contribution in [1.82, 2.24) is 20.1 Å². The molecule has 1 aliphatic rings. The zero-order valence-electron chi connectivity index (χ0n) is 14.1. The predicted molar refractivity (Wildman–Crippen MR) is 89.5 cm³/mol. The summed E-state index contributed by atoms with van der Waals surface area (Å²) in [4.78, 5) is 4.40. The van der Waals surface area contributed by atoms with E-state index in [1.165, 1.54) is 25.7 Å². The molecule has 120 valence electrons. The molecule has 1 saturated carbocycles. The Bertz CT molecular complexity index is 443. The molecule has 0 amide bonds. The highest BCUT2D eigenvalue weighted by Crippen LogP contribution is 2.44. The third kappa shape index (κ3) is 4.01. The average molecular weight is 311 g/mol. The van der Waals surface area contributed by atoms with Crippen LogP contribution in [0.15, 0.2) is 11.5 Å². The third-order valence-electron chi connectivity index (χ3n) is 5.20. The Labute approximate surface area is 133 Å². The van der Waals surface area contributed by atoms with Gasteiger partial charge in [0.25, 0.3) is 0 Å². The standard InChI is InChI=1S/C16H30N4S/c1-6-16(3,4)12-8-9-13(17-7-2)14(10-12)21-15-18-11-19-20(15)5/h11-14,17H,6-10H2,1-5H3. The number of nitrogens with zero attached hydrogens (tertiary/aromatic N) is 3. The highest BCUT2D eigenvalue weighted by Gasteiger charge is 2.37. The van der Waals surface area contributed by atoms with E-state index in [4.69, 9.17) is 0 Å². The predicted octanol–water partition coefficient (Wildman–Crippen LogP) is 3.49. The molecule has 1 heterocycles. The van der Waals surface area contributed by atoms with Gasteiger partial charge < -0.3 is 5.32 Å². The van der Waals surface area contributed by atoms with Gasteiger partial charge in [-0.2, -0.15) is 5.10 Å². The average Bonchev–Trinajstić information content (AvgIpc) is 2.86. The van der Waals surface area contributed by atoms with Crippen LogP contribution in [0.4, 0.5) is 0 Å². The lowest BCUT2D eigenvalue weighted by Crippen LogP contribution is -2.45. The Morgan fingerprint density at radius 1 is 1.38 bits per heavy atom. The summed E-state index contributed by atoms with van der Waals surface area (Å²) in [6.45, 7) is 10.4. The van der Waals surface area contributed by atoms with Crippen LogP contribution in [-0.4, -0.2) is 32.6 Å². The first kappa shape index (κ1) is 16.8. The van der Waals surface area contributed by atoms with Crippen molar-refractivity contribution in [2.75, 3.05) is 6.54 Å². The van der Waals surface area contributed by atoms with E-state index in [2.05, 4.69) is 43.1 Å². The molecule has 1 aromatic heterocycles. The van der Waals surface area contributed by atoms with Gasteiger partial charge in [-0.3, -0.25) is 0 Å². The SMILES string of the molecule is CCNC1CCC(C(C)(C)CC)CC1Sc1ncnn1C. The van der Waals surface area contributed by atoms with Crippen LogP contribution in [0.1, 0.15) is 53.4 Å². The van der Waals surface area contributed by atoms with Gasteiger partial charge in [0, 0.05) is 18.3 Å². The first-order valence-corrected chi connectivity index (χ1v) is 9.10. The molecule has 0 bridgehead atoms. The quantitative estimate of drug-likeness (QED) is 0.873. The largest absolute Gasteiger partial charge is 0.313 e. The maximum Gasteiger partial charge on any atom is 0.186 e. The zero-order valence-corrected chi connectivity index (χ0v) is 14.9. The van der Waals surface area contributed by atoms with Gasteiger partial charge in [-0.1, -0.05) is 45.9 Å². The van der Waals surface area contributed by atoms with Crippen molar-refractivity contribution in [2.24, 2.45) is 18.4 Å². The molecular formula is C16H30N4S. The van der Waals surface area contributed by atoms with Crippen LogP contribution in [0.3, 0.4) is 0 Å². The van der Waals surface area contributed by atoms with Crippen LogP contribution in [0, 0.1) is 11.3 Å². The van der Waals surface area contributed by atoms with Crippen molar-refractivity contribution in [1.29, 1.82) is 0 Å². The monoisotopic (exact) mass is 310 g/mol. The van der Waals surface area contributed by atoms with E-state index in [1.54, 1.807) is 6.33 Å². The van der Waals surface area contributed by atoms with Gasteiger partial charge in [-0.05, 0) is 37.1 Å². The van der Waals surface area contributed by atoms with Gasteiger partial charge in [0.05, 0.1) is 0 Å². The second-order valence-corrected chi connectivity index (χ2v) is 8.05. The smallest absolute Gasteiger partial charge is 0.186 e. The molecule has 3 atom stereocenters. The first-order chi connectivity index (χ1) is 9.97. The number of hydrogen-bond acceptors (Lipinski definition) is 4. The number of nitrogens with one attached hydrogen (secondary N) is 1. The maximum absolute atomic E-state index is 4.40. The lowest BCUT2D eigenvalue weighted by atomic mass is 9.68. The summed E-state index contributed by atoms with van der Waals surface area (Å²) in [6.07, 6.45) is 6.80. The van der Waals surface area contributed by atoms with E-state index in [0.717, 1.165) is 17.6 Å². The molecular weight excluding hydrogens is 280 g/mol. The minimum atomic E-state index is 0.440. The molecule has 3 unspecified atom stereocenters. The van der Waals surface area contributed by atoms with E-state index >= 15 is 0 Å². The second kappa shape index (κ2) is 7.14. The number of aryl methyl sites for hydroxylation is 1. The van der Waals surface area contributed by atoms with Crippen LogP contribution < -0.4 is 5.32 Å². The Morgan fingerprint density at radius 2 is 2.14 bits per heavy atom. The van der Waals surface area contributed by atoms with Crippen LogP contribution in [0.25, 0.3) is 0 Å². The third-order valence-corrected chi connectivity index (χ3v) is 6.61. The summed E-state index contributed by atoms with van der Waals surface area (Å²) in [7, 11) is 1.98. The van der Waals surface area contributed by atoms with Crippen molar-refractivity contribution in [3.8, 4) is 0 Å².